The van der Waals surface area contributed by atoms with Crippen molar-refractivity contribution in [3.8, 4) is 0 Å². The molecular weight excluding hydrogens is 392 g/mol. The lowest BCUT2D eigenvalue weighted by molar-refractivity contribution is 0.103. The Balaban J connectivity index is 1.66. The van der Waals surface area contributed by atoms with Crippen LogP contribution >= 0.6 is 0 Å². The number of nitrogens with zero attached hydrogens (tertiary/aromatic N) is 2. The van der Waals surface area contributed by atoms with E-state index >= 15 is 0 Å². The lowest BCUT2D eigenvalue weighted by atomic mass is 10.0. The maximum absolute atomic E-state index is 13.3. The molecule has 0 amide bonds. The summed E-state index contributed by atoms with van der Waals surface area (Å²) in [5, 5.41) is 1.57. The number of benzene rings is 2. The van der Waals surface area contributed by atoms with Crippen LogP contribution in [0, 0.1) is 6.92 Å². The van der Waals surface area contributed by atoms with E-state index in [0.29, 0.717) is 16.3 Å². The van der Waals surface area contributed by atoms with Gasteiger partial charge in [-0.3, -0.25) is 4.79 Å². The first-order valence-electron chi connectivity index (χ1n) is 10.1. The van der Waals surface area contributed by atoms with Gasteiger partial charge in [0.1, 0.15) is 5.75 Å². The molecular formula is C25H24N2O2S. The Morgan fingerprint density at radius 1 is 1.03 bits per heavy atom. The highest BCUT2D eigenvalue weighted by Crippen LogP contribution is 2.32. The SMILES string of the molecule is Cc1c(C(=O)c2ccccc2)c2ccccc2n1C(C)CC[S+]([O-])c1ccccn1. The van der Waals surface area contributed by atoms with Crippen molar-refractivity contribution in [1.82, 2.24) is 9.55 Å². The van der Waals surface area contributed by atoms with Crippen molar-refractivity contribution in [3.63, 3.8) is 0 Å². The summed E-state index contributed by atoms with van der Waals surface area (Å²) < 4.78 is 14.8. The molecule has 0 bridgehead atoms. The molecule has 0 saturated carbocycles. The number of para-hydroxylation sites is 1. The van der Waals surface area contributed by atoms with Gasteiger partial charge in [-0.15, -0.1) is 0 Å². The number of pyridine rings is 1. The van der Waals surface area contributed by atoms with Crippen LogP contribution in [0.4, 0.5) is 0 Å². The number of carbonyl (C=O) groups is 1. The Morgan fingerprint density at radius 2 is 1.73 bits per heavy atom. The van der Waals surface area contributed by atoms with Gasteiger partial charge in [0.25, 0.3) is 0 Å². The van der Waals surface area contributed by atoms with Gasteiger partial charge >= 0.3 is 0 Å². The van der Waals surface area contributed by atoms with E-state index in [0.717, 1.165) is 28.6 Å². The Morgan fingerprint density at radius 3 is 2.47 bits per heavy atom. The summed E-state index contributed by atoms with van der Waals surface area (Å²) in [6, 6.07) is 23.0. The third-order valence-corrected chi connectivity index (χ3v) is 6.77. The van der Waals surface area contributed by atoms with Crippen molar-refractivity contribution in [3.05, 3.63) is 95.8 Å². The maximum Gasteiger partial charge on any atom is 0.244 e. The highest BCUT2D eigenvalue weighted by Gasteiger charge is 2.24. The number of ketones is 1. The monoisotopic (exact) mass is 416 g/mol. The van der Waals surface area contributed by atoms with E-state index < -0.39 is 11.2 Å². The lowest BCUT2D eigenvalue weighted by Gasteiger charge is -2.18. The summed E-state index contributed by atoms with van der Waals surface area (Å²) in [6.45, 7) is 4.12. The van der Waals surface area contributed by atoms with Gasteiger partial charge in [0.15, 0.2) is 5.78 Å². The molecule has 0 radical (unpaired) electrons. The normalized spacial score (nSPS) is 13.3. The van der Waals surface area contributed by atoms with Gasteiger partial charge in [0.05, 0.1) is 5.56 Å². The Bertz CT molecular complexity index is 1160. The standard InChI is InChI=1S/C25H24N2O2S/c1-18(15-17-30(29)23-14-8-9-16-26-23)27-19(2)24(21-12-6-7-13-22(21)27)25(28)20-10-4-3-5-11-20/h3-14,16,18H,15,17H2,1-2H3. The number of rotatable bonds is 7. The van der Waals surface area contributed by atoms with Crippen molar-refractivity contribution in [2.75, 3.05) is 5.75 Å². The van der Waals surface area contributed by atoms with Crippen molar-refractivity contribution in [1.29, 1.82) is 0 Å². The van der Waals surface area contributed by atoms with Crippen LogP contribution in [0.1, 0.15) is 41.0 Å². The van der Waals surface area contributed by atoms with Gasteiger partial charge < -0.3 is 9.12 Å². The summed E-state index contributed by atoms with van der Waals surface area (Å²) in [5.74, 6) is 0.554. The fourth-order valence-electron chi connectivity index (χ4n) is 3.97. The summed E-state index contributed by atoms with van der Waals surface area (Å²) in [7, 11) is 0. The molecule has 152 valence electrons. The van der Waals surface area contributed by atoms with Crippen LogP contribution in [-0.4, -0.2) is 25.6 Å². The second kappa shape index (κ2) is 8.86. The molecule has 2 heterocycles. The van der Waals surface area contributed by atoms with Crippen LogP contribution < -0.4 is 0 Å². The predicted molar refractivity (Wildman–Crippen MR) is 121 cm³/mol. The van der Waals surface area contributed by atoms with Crippen LogP contribution in [0.5, 0.6) is 0 Å². The van der Waals surface area contributed by atoms with Crippen molar-refractivity contribution in [2.45, 2.75) is 31.3 Å². The molecule has 30 heavy (non-hydrogen) atoms. The zero-order chi connectivity index (χ0) is 21.1. The molecule has 0 aliphatic rings. The number of aromatic nitrogens is 2. The van der Waals surface area contributed by atoms with E-state index in [4.69, 9.17) is 0 Å². The molecule has 0 aliphatic carbocycles. The molecule has 4 nitrogen and oxygen atoms in total. The van der Waals surface area contributed by atoms with Crippen LogP contribution in [-0.2, 0) is 11.2 Å². The van der Waals surface area contributed by atoms with E-state index in [1.807, 2.05) is 67.6 Å². The van der Waals surface area contributed by atoms with E-state index in [2.05, 4.69) is 22.5 Å². The fraction of sp³-hybridized carbons (Fsp3) is 0.200. The summed E-state index contributed by atoms with van der Waals surface area (Å²) in [4.78, 5) is 17.5. The van der Waals surface area contributed by atoms with Gasteiger partial charge in [-0.1, -0.05) is 54.6 Å². The highest BCUT2D eigenvalue weighted by atomic mass is 32.2. The van der Waals surface area contributed by atoms with Gasteiger partial charge in [0, 0.05) is 58.1 Å². The highest BCUT2D eigenvalue weighted by molar-refractivity contribution is 7.91. The molecule has 4 rings (SSSR count). The number of hydrogen-bond acceptors (Lipinski definition) is 3. The number of hydrogen-bond donors (Lipinski definition) is 0. The largest absolute Gasteiger partial charge is 0.610 e. The molecule has 0 spiro atoms. The molecule has 0 saturated heterocycles. The predicted octanol–water partition coefficient (Wildman–Crippen LogP) is 5.33. The van der Waals surface area contributed by atoms with Gasteiger partial charge in [-0.2, -0.15) is 0 Å². The van der Waals surface area contributed by atoms with E-state index in [9.17, 15) is 9.35 Å². The molecule has 5 heteroatoms. The summed E-state index contributed by atoms with van der Waals surface area (Å²) in [6.07, 6.45) is 2.39. The molecule has 2 unspecified atom stereocenters. The van der Waals surface area contributed by atoms with E-state index in [-0.39, 0.29) is 11.8 Å². The van der Waals surface area contributed by atoms with Gasteiger partial charge in [-0.25, -0.2) is 4.98 Å². The van der Waals surface area contributed by atoms with E-state index in [1.54, 1.807) is 12.3 Å². The molecule has 0 N–H and O–H groups in total. The van der Waals surface area contributed by atoms with Crippen molar-refractivity contribution in [2.24, 2.45) is 0 Å². The Kier molecular flexibility index (Phi) is 6.02. The Labute approximate surface area is 179 Å². The minimum absolute atomic E-state index is 0.0345. The van der Waals surface area contributed by atoms with E-state index in [1.165, 1.54) is 0 Å². The third-order valence-electron chi connectivity index (χ3n) is 5.45. The lowest BCUT2D eigenvalue weighted by Crippen LogP contribution is -2.15. The van der Waals surface area contributed by atoms with Gasteiger partial charge in [-0.05, 0) is 26.0 Å². The number of carbonyl (C=O) groups excluding carboxylic acids is 1. The first kappa shape index (κ1) is 20.4. The Hall–Kier alpha value is -2.89. The van der Waals surface area contributed by atoms with Crippen molar-refractivity contribution < 1.29 is 9.35 Å². The minimum atomic E-state index is -1.14. The third kappa shape index (κ3) is 3.91. The molecule has 2 aromatic carbocycles. The number of fused-ring (bicyclic) bond motifs is 1. The molecule has 2 atom stereocenters. The minimum Gasteiger partial charge on any atom is -0.610 e. The molecule has 0 aliphatic heterocycles. The fourth-order valence-corrected chi connectivity index (χ4v) is 5.15. The molecule has 4 aromatic rings. The maximum atomic E-state index is 13.3. The summed E-state index contributed by atoms with van der Waals surface area (Å²) in [5.41, 5.74) is 3.41. The van der Waals surface area contributed by atoms with Crippen LogP contribution in [0.2, 0.25) is 0 Å². The average Bonchev–Trinajstić information content (AvgIpc) is 3.09. The molecule has 0 fully saturated rings. The second-order valence-electron chi connectivity index (χ2n) is 7.40. The zero-order valence-electron chi connectivity index (χ0n) is 17.1. The molecule has 2 aromatic heterocycles. The second-order valence-corrected chi connectivity index (χ2v) is 8.92. The van der Waals surface area contributed by atoms with Gasteiger partial charge in [0.2, 0.25) is 5.03 Å². The average molecular weight is 417 g/mol. The summed E-state index contributed by atoms with van der Waals surface area (Å²) >= 11 is -1.14. The topological polar surface area (TPSA) is 58.0 Å². The first-order chi connectivity index (χ1) is 14.6. The van der Waals surface area contributed by atoms with Crippen LogP contribution in [0.3, 0.4) is 0 Å². The van der Waals surface area contributed by atoms with Crippen LogP contribution in [0.25, 0.3) is 10.9 Å². The zero-order valence-corrected chi connectivity index (χ0v) is 17.9. The smallest absolute Gasteiger partial charge is 0.244 e. The first-order valence-corrected chi connectivity index (χ1v) is 11.4. The van der Waals surface area contributed by atoms with Crippen LogP contribution in [0.15, 0.2) is 84.0 Å². The van der Waals surface area contributed by atoms with Crippen molar-refractivity contribution >= 4 is 27.9 Å². The quantitative estimate of drug-likeness (QED) is 0.302.